The molecule has 2 aliphatic rings. The first kappa shape index (κ1) is 19.3. The highest BCUT2D eigenvalue weighted by Crippen LogP contribution is 2.43. The monoisotopic (exact) mass is 368 g/mol. The zero-order valence-corrected chi connectivity index (χ0v) is 15.5. The van der Waals surface area contributed by atoms with Gasteiger partial charge in [-0.1, -0.05) is 18.2 Å². The summed E-state index contributed by atoms with van der Waals surface area (Å²) in [6.45, 7) is 7.60. The number of ether oxygens (including phenoxy) is 1. The van der Waals surface area contributed by atoms with Crippen LogP contribution in [-0.2, 0) is 9.31 Å². The van der Waals surface area contributed by atoms with Crippen LogP contribution in [-0.4, -0.2) is 30.8 Å². The van der Waals surface area contributed by atoms with Crippen LogP contribution in [0.4, 0.5) is 13.2 Å². The summed E-state index contributed by atoms with van der Waals surface area (Å²) >= 11 is 0. The molecule has 26 heavy (non-hydrogen) atoms. The Morgan fingerprint density at radius 1 is 1.15 bits per heavy atom. The highest BCUT2D eigenvalue weighted by Gasteiger charge is 2.53. The molecule has 1 heterocycles. The molecule has 0 bridgehead atoms. The molecular formula is C19H24BF3O3. The maximum atomic E-state index is 14.7. The maximum absolute atomic E-state index is 14.7. The summed E-state index contributed by atoms with van der Waals surface area (Å²) in [5.74, 6) is -2.29. The van der Waals surface area contributed by atoms with E-state index in [1.807, 2.05) is 27.7 Å². The lowest BCUT2D eigenvalue weighted by atomic mass is 9.82. The third-order valence-electron chi connectivity index (χ3n) is 5.34. The van der Waals surface area contributed by atoms with Crippen molar-refractivity contribution in [3.05, 3.63) is 35.6 Å². The van der Waals surface area contributed by atoms with Crippen LogP contribution in [0.3, 0.4) is 0 Å². The fourth-order valence-corrected chi connectivity index (χ4v) is 3.01. The standard InChI is InChI=1S/C19H24BF3O3/c1-17(2)18(3,4)26-20(25-17)16(21)9-14-7-5-6-8-15(14)24-12-13-10-19(22,23)11-13/h5-9,13H,10-12H2,1-4H3. The lowest BCUT2D eigenvalue weighted by Crippen LogP contribution is -2.41. The average Bonchev–Trinajstić information content (AvgIpc) is 2.72. The molecule has 1 aromatic rings. The molecule has 1 aromatic carbocycles. The predicted octanol–water partition coefficient (Wildman–Crippen LogP) is 5.05. The van der Waals surface area contributed by atoms with E-state index in [0.717, 1.165) is 0 Å². The first-order valence-electron chi connectivity index (χ1n) is 8.81. The fourth-order valence-electron chi connectivity index (χ4n) is 3.01. The van der Waals surface area contributed by atoms with E-state index in [0.29, 0.717) is 11.3 Å². The first-order valence-corrected chi connectivity index (χ1v) is 8.81. The molecule has 142 valence electrons. The summed E-state index contributed by atoms with van der Waals surface area (Å²) < 4.78 is 57.6. The first-order chi connectivity index (χ1) is 12.0. The highest BCUT2D eigenvalue weighted by atomic mass is 19.3. The van der Waals surface area contributed by atoms with Crippen molar-refractivity contribution in [2.24, 2.45) is 5.92 Å². The predicted molar refractivity (Wildman–Crippen MR) is 94.8 cm³/mol. The molecule has 1 saturated carbocycles. The van der Waals surface area contributed by atoms with E-state index < -0.39 is 30.0 Å². The van der Waals surface area contributed by atoms with Gasteiger partial charge in [0.25, 0.3) is 0 Å². The zero-order chi connectivity index (χ0) is 19.2. The van der Waals surface area contributed by atoms with Gasteiger partial charge in [0.1, 0.15) is 11.5 Å². The van der Waals surface area contributed by atoms with Gasteiger partial charge in [0.05, 0.1) is 17.8 Å². The van der Waals surface area contributed by atoms with Crippen molar-refractivity contribution < 1.29 is 27.2 Å². The molecule has 0 unspecified atom stereocenters. The number of alkyl halides is 2. The minimum absolute atomic E-state index is 0.159. The van der Waals surface area contributed by atoms with Crippen LogP contribution in [0.2, 0.25) is 0 Å². The van der Waals surface area contributed by atoms with Gasteiger partial charge >= 0.3 is 7.12 Å². The number of rotatable bonds is 5. The third kappa shape index (κ3) is 3.93. The second-order valence-electron chi connectivity index (χ2n) is 8.10. The van der Waals surface area contributed by atoms with Gasteiger partial charge in [-0.2, -0.15) is 0 Å². The summed E-state index contributed by atoms with van der Waals surface area (Å²) in [6.07, 6.45) is 0.993. The molecular weight excluding hydrogens is 344 g/mol. The molecule has 3 rings (SSSR count). The van der Waals surface area contributed by atoms with Crippen molar-refractivity contribution in [3.63, 3.8) is 0 Å². The smallest absolute Gasteiger partial charge is 0.493 e. The molecule has 7 heteroatoms. The van der Waals surface area contributed by atoms with E-state index in [-0.39, 0.29) is 25.4 Å². The van der Waals surface area contributed by atoms with E-state index in [9.17, 15) is 13.2 Å². The van der Waals surface area contributed by atoms with Gasteiger partial charge in [-0.05, 0) is 39.8 Å². The Kier molecular flexibility index (Phi) is 4.90. The number of hydrogen-bond donors (Lipinski definition) is 0. The number of halogens is 3. The van der Waals surface area contributed by atoms with Crippen molar-refractivity contribution >= 4 is 13.2 Å². The molecule has 0 aromatic heterocycles. The molecule has 0 N–H and O–H groups in total. The van der Waals surface area contributed by atoms with Crippen LogP contribution in [0, 0.1) is 5.92 Å². The van der Waals surface area contributed by atoms with Gasteiger partial charge in [-0.3, -0.25) is 0 Å². The van der Waals surface area contributed by atoms with E-state index in [1.54, 1.807) is 24.3 Å². The molecule has 3 nitrogen and oxygen atoms in total. The SMILES string of the molecule is CC1(C)OB(C(F)=Cc2ccccc2OCC2CC(F)(F)C2)OC1(C)C. The Labute approximate surface area is 152 Å². The van der Waals surface area contributed by atoms with Crippen molar-refractivity contribution in [2.75, 3.05) is 6.61 Å². The zero-order valence-electron chi connectivity index (χ0n) is 15.5. The van der Waals surface area contributed by atoms with Gasteiger partial charge in [-0.25, -0.2) is 13.2 Å². The normalized spacial score (nSPS) is 24.4. The van der Waals surface area contributed by atoms with Gasteiger partial charge in [0.2, 0.25) is 5.92 Å². The molecule has 1 aliphatic carbocycles. The summed E-state index contributed by atoms with van der Waals surface area (Å²) in [4.78, 5) is 0. The van der Waals surface area contributed by atoms with Crippen molar-refractivity contribution in [3.8, 4) is 5.75 Å². The Morgan fingerprint density at radius 2 is 1.73 bits per heavy atom. The molecule has 0 amide bonds. The Bertz CT molecular complexity index is 679. The largest absolute Gasteiger partial charge is 0.525 e. The number of para-hydroxylation sites is 1. The van der Waals surface area contributed by atoms with E-state index in [2.05, 4.69) is 0 Å². The quantitative estimate of drug-likeness (QED) is 0.681. The minimum Gasteiger partial charge on any atom is -0.493 e. The molecule has 1 saturated heterocycles. The molecule has 0 spiro atoms. The Balaban J connectivity index is 1.69. The van der Waals surface area contributed by atoms with Crippen LogP contribution in [0.1, 0.15) is 46.1 Å². The second kappa shape index (κ2) is 6.61. The molecule has 0 atom stereocenters. The van der Waals surface area contributed by atoms with Crippen LogP contribution in [0.25, 0.3) is 6.08 Å². The maximum Gasteiger partial charge on any atom is 0.525 e. The number of hydrogen-bond acceptors (Lipinski definition) is 3. The third-order valence-corrected chi connectivity index (χ3v) is 5.34. The molecule has 2 fully saturated rings. The van der Waals surface area contributed by atoms with Crippen LogP contribution >= 0.6 is 0 Å². The van der Waals surface area contributed by atoms with Crippen molar-refractivity contribution in [1.29, 1.82) is 0 Å². The summed E-state index contributed by atoms with van der Waals surface area (Å²) in [6, 6.07) is 6.91. The number of benzene rings is 1. The Morgan fingerprint density at radius 3 is 2.31 bits per heavy atom. The lowest BCUT2D eigenvalue weighted by molar-refractivity contribution is -0.119. The van der Waals surface area contributed by atoms with Gasteiger partial charge < -0.3 is 14.0 Å². The van der Waals surface area contributed by atoms with E-state index >= 15 is 0 Å². The van der Waals surface area contributed by atoms with Gasteiger partial charge in [0.15, 0.2) is 0 Å². The van der Waals surface area contributed by atoms with E-state index in [4.69, 9.17) is 14.0 Å². The molecule has 0 radical (unpaired) electrons. The van der Waals surface area contributed by atoms with Crippen LogP contribution in [0.15, 0.2) is 30.0 Å². The minimum atomic E-state index is -2.57. The van der Waals surface area contributed by atoms with Crippen LogP contribution < -0.4 is 4.74 Å². The van der Waals surface area contributed by atoms with E-state index in [1.165, 1.54) is 6.08 Å². The summed E-state index contributed by atoms with van der Waals surface area (Å²) in [5, 5.41) is 0. The average molecular weight is 368 g/mol. The van der Waals surface area contributed by atoms with Crippen molar-refractivity contribution in [2.45, 2.75) is 57.7 Å². The Hall–Kier alpha value is -1.47. The summed E-state index contributed by atoms with van der Waals surface area (Å²) in [7, 11) is -1.08. The second-order valence-corrected chi connectivity index (χ2v) is 8.10. The topological polar surface area (TPSA) is 27.7 Å². The lowest BCUT2D eigenvalue weighted by Gasteiger charge is -2.34. The fraction of sp³-hybridized carbons (Fsp3) is 0.579. The van der Waals surface area contributed by atoms with Crippen molar-refractivity contribution in [1.82, 2.24) is 0 Å². The van der Waals surface area contributed by atoms with Crippen LogP contribution in [0.5, 0.6) is 5.75 Å². The highest BCUT2D eigenvalue weighted by molar-refractivity contribution is 6.54. The van der Waals surface area contributed by atoms with Gasteiger partial charge in [0, 0.05) is 24.3 Å². The molecule has 1 aliphatic heterocycles. The summed E-state index contributed by atoms with van der Waals surface area (Å²) in [5.41, 5.74) is -1.30. The van der Waals surface area contributed by atoms with Gasteiger partial charge in [-0.15, -0.1) is 0 Å².